The molecular weight excluding hydrogens is 394 g/mol. The molecule has 164 valence electrons. The first kappa shape index (κ1) is 21.2. The summed E-state index contributed by atoms with van der Waals surface area (Å²) in [6.07, 6.45) is 1.93. The zero-order chi connectivity index (χ0) is 22.8. The normalized spacial score (nSPS) is 21.9. The molecule has 1 amide bonds. The molecule has 0 fully saturated rings. The third kappa shape index (κ3) is 3.32. The lowest BCUT2D eigenvalue weighted by molar-refractivity contribution is -0.117. The lowest BCUT2D eigenvalue weighted by atomic mass is 9.84. The molecule has 4 rings (SSSR count). The van der Waals surface area contributed by atoms with E-state index in [1.807, 2.05) is 60.6 Å². The van der Waals surface area contributed by atoms with Crippen LogP contribution in [0.25, 0.3) is 0 Å². The molecule has 2 aromatic rings. The van der Waals surface area contributed by atoms with Crippen molar-refractivity contribution in [3.8, 4) is 0 Å². The molecular formula is C24H29N3O4. The smallest absolute Gasteiger partial charge is 0.253 e. The monoisotopic (exact) mass is 423 g/mol. The molecule has 0 spiro atoms. The number of carbonyl (C=O) groups excluding carboxylic acids is 1. The van der Waals surface area contributed by atoms with Crippen LogP contribution in [0.3, 0.4) is 0 Å². The van der Waals surface area contributed by atoms with Gasteiger partial charge in [-0.3, -0.25) is 14.4 Å². The third-order valence-electron chi connectivity index (χ3n) is 6.30. The van der Waals surface area contributed by atoms with Crippen LogP contribution in [0.15, 0.2) is 42.9 Å². The Balaban J connectivity index is 1.66. The number of furan rings is 1. The molecule has 31 heavy (non-hydrogen) atoms. The summed E-state index contributed by atoms with van der Waals surface area (Å²) in [6, 6.07) is 1.15. The van der Waals surface area contributed by atoms with Crippen LogP contribution < -0.4 is 26.8 Å². The van der Waals surface area contributed by atoms with Crippen LogP contribution in [0.4, 0.5) is 11.4 Å². The van der Waals surface area contributed by atoms with Crippen LogP contribution in [0, 0.1) is 19.3 Å². The summed E-state index contributed by atoms with van der Waals surface area (Å²) in [4.78, 5) is 37.3. The van der Waals surface area contributed by atoms with E-state index in [1.54, 1.807) is 0 Å². The molecule has 2 aliphatic rings. The highest BCUT2D eigenvalue weighted by atomic mass is 16.3. The Bertz CT molecular complexity index is 1200. The lowest BCUT2D eigenvalue weighted by Gasteiger charge is -2.32. The van der Waals surface area contributed by atoms with Gasteiger partial charge in [0, 0.05) is 5.57 Å². The highest BCUT2D eigenvalue weighted by Crippen LogP contribution is 2.39. The molecule has 0 saturated carbocycles. The van der Waals surface area contributed by atoms with Gasteiger partial charge in [0.15, 0.2) is 0 Å². The lowest BCUT2D eigenvalue weighted by Crippen LogP contribution is -2.42. The van der Waals surface area contributed by atoms with E-state index >= 15 is 0 Å². The van der Waals surface area contributed by atoms with E-state index in [1.165, 1.54) is 0 Å². The van der Waals surface area contributed by atoms with Crippen molar-refractivity contribution in [2.75, 3.05) is 10.6 Å². The minimum Gasteiger partial charge on any atom is -0.464 e. The van der Waals surface area contributed by atoms with Gasteiger partial charge in [0.05, 0.1) is 18.1 Å². The van der Waals surface area contributed by atoms with Crippen LogP contribution in [-0.2, 0) is 4.79 Å². The fourth-order valence-electron chi connectivity index (χ4n) is 4.53. The zero-order valence-corrected chi connectivity index (χ0v) is 19.0. The number of amides is 1. The molecule has 3 atom stereocenters. The maximum absolute atomic E-state index is 12.5. The van der Waals surface area contributed by atoms with Gasteiger partial charge in [0.25, 0.3) is 10.9 Å². The van der Waals surface area contributed by atoms with Crippen molar-refractivity contribution in [1.29, 1.82) is 0 Å². The number of nitrogens with one attached hydrogen (secondary N) is 3. The molecule has 7 heteroatoms. The average Bonchev–Trinajstić information content (AvgIpc) is 3.28. The summed E-state index contributed by atoms with van der Waals surface area (Å²) < 4.78 is 5.93. The molecule has 0 bridgehead atoms. The summed E-state index contributed by atoms with van der Waals surface area (Å²) >= 11 is 0. The van der Waals surface area contributed by atoms with Crippen LogP contribution in [-0.4, -0.2) is 18.0 Å². The van der Waals surface area contributed by atoms with Gasteiger partial charge in [-0.25, -0.2) is 0 Å². The van der Waals surface area contributed by atoms with Gasteiger partial charge in [-0.15, -0.1) is 0 Å². The third-order valence-corrected chi connectivity index (χ3v) is 6.30. The average molecular weight is 424 g/mol. The maximum atomic E-state index is 12.5. The van der Waals surface area contributed by atoms with Gasteiger partial charge in [0.2, 0.25) is 5.91 Å². The summed E-state index contributed by atoms with van der Waals surface area (Å²) in [5.74, 6) is 1.39. The van der Waals surface area contributed by atoms with Gasteiger partial charge in [-0.05, 0) is 55.9 Å². The first-order valence-corrected chi connectivity index (χ1v) is 10.6. The highest BCUT2D eigenvalue weighted by Gasteiger charge is 2.40. The number of aryl methyl sites for hydroxylation is 2. The Morgan fingerprint density at radius 2 is 1.68 bits per heavy atom. The van der Waals surface area contributed by atoms with Crippen molar-refractivity contribution in [3.05, 3.63) is 66.4 Å². The van der Waals surface area contributed by atoms with E-state index in [2.05, 4.69) is 16.0 Å². The topological polar surface area (TPSA) is 100 Å². The number of hydrogen-bond donors (Lipinski definition) is 3. The molecule has 2 heterocycles. The number of hydrogen-bond acceptors (Lipinski definition) is 6. The van der Waals surface area contributed by atoms with E-state index in [0.717, 1.165) is 22.5 Å². The van der Waals surface area contributed by atoms with Crippen LogP contribution in [0.2, 0.25) is 0 Å². The molecule has 7 nitrogen and oxygen atoms in total. The first-order chi connectivity index (χ1) is 14.4. The molecule has 1 aromatic carbocycles. The van der Waals surface area contributed by atoms with Gasteiger partial charge >= 0.3 is 0 Å². The van der Waals surface area contributed by atoms with Crippen molar-refractivity contribution in [1.82, 2.24) is 5.32 Å². The second-order valence-corrected chi connectivity index (χ2v) is 9.73. The minimum absolute atomic E-state index is 0.0634. The first-order valence-electron chi connectivity index (χ1n) is 10.6. The van der Waals surface area contributed by atoms with Crippen molar-refractivity contribution in [2.45, 2.75) is 66.6 Å². The van der Waals surface area contributed by atoms with Crippen molar-refractivity contribution in [3.63, 3.8) is 0 Å². The predicted octanol–water partition coefficient (Wildman–Crippen LogP) is 3.25. The molecule has 0 saturated heterocycles. The Kier molecular flexibility index (Phi) is 4.76. The Morgan fingerprint density at radius 3 is 2.26 bits per heavy atom. The second kappa shape index (κ2) is 6.97. The quantitative estimate of drug-likeness (QED) is 0.639. The SMILES string of the molecule is CC1=CC(Nc2c(N[C@@H](c3cc(C)c(C)o3)C(C)(C)C)c(=O)c2=O)C2=C1[C@H](C)NC2=O. The second-order valence-electron chi connectivity index (χ2n) is 9.73. The minimum atomic E-state index is -0.575. The summed E-state index contributed by atoms with van der Waals surface area (Å²) in [6.45, 7) is 13.9. The van der Waals surface area contributed by atoms with Crippen molar-refractivity contribution in [2.24, 2.45) is 5.41 Å². The van der Waals surface area contributed by atoms with Gasteiger partial charge in [0.1, 0.15) is 22.9 Å². The summed E-state index contributed by atoms with van der Waals surface area (Å²) in [5, 5.41) is 9.32. The fourth-order valence-corrected chi connectivity index (χ4v) is 4.53. The molecule has 1 unspecified atom stereocenters. The largest absolute Gasteiger partial charge is 0.464 e. The van der Waals surface area contributed by atoms with Gasteiger partial charge in [-0.2, -0.15) is 0 Å². The number of carbonyl (C=O) groups is 1. The van der Waals surface area contributed by atoms with Crippen LogP contribution >= 0.6 is 0 Å². The van der Waals surface area contributed by atoms with Crippen molar-refractivity contribution >= 4 is 17.3 Å². The maximum Gasteiger partial charge on any atom is 0.253 e. The number of rotatable bonds is 5. The molecule has 1 aromatic heterocycles. The van der Waals surface area contributed by atoms with Crippen LogP contribution in [0.5, 0.6) is 0 Å². The van der Waals surface area contributed by atoms with Gasteiger partial charge in [-0.1, -0.05) is 26.8 Å². The molecule has 1 aliphatic carbocycles. The van der Waals surface area contributed by atoms with Gasteiger partial charge < -0.3 is 20.4 Å². The van der Waals surface area contributed by atoms with E-state index in [0.29, 0.717) is 11.3 Å². The Hall–Kier alpha value is -3.09. The predicted molar refractivity (Wildman–Crippen MR) is 121 cm³/mol. The van der Waals surface area contributed by atoms with Crippen LogP contribution in [0.1, 0.15) is 57.7 Å². The zero-order valence-electron chi connectivity index (χ0n) is 19.0. The molecule has 3 N–H and O–H groups in total. The summed E-state index contributed by atoms with van der Waals surface area (Å²) in [7, 11) is 0. The molecule has 0 radical (unpaired) electrons. The Morgan fingerprint density at radius 1 is 1.03 bits per heavy atom. The van der Waals surface area contributed by atoms with E-state index in [-0.39, 0.29) is 34.8 Å². The Labute approximate surface area is 181 Å². The standard InChI is InChI=1S/C24H29N3O4/c1-10-9-15(31-13(10)4)22(24(5,6)7)27-19-18(20(28)21(19)29)26-14-8-11(2)16-12(3)25-23(30)17(14)16/h8-9,12,14,22,26-27H,1-7H3,(H,25,30)/t12-,14?,22-/m0/s1. The van der Waals surface area contributed by atoms with E-state index in [9.17, 15) is 14.4 Å². The van der Waals surface area contributed by atoms with E-state index in [4.69, 9.17) is 4.42 Å². The fraction of sp³-hybridized carbons (Fsp3) is 0.458. The molecule has 1 aliphatic heterocycles. The number of anilines is 2. The van der Waals surface area contributed by atoms with E-state index < -0.39 is 16.9 Å². The highest BCUT2D eigenvalue weighted by molar-refractivity contribution is 6.02. The summed E-state index contributed by atoms with van der Waals surface area (Å²) in [5.41, 5.74) is 2.65. The van der Waals surface area contributed by atoms with Crippen molar-refractivity contribution < 1.29 is 9.21 Å².